The van der Waals surface area contributed by atoms with Crippen LogP contribution in [0.5, 0.6) is 0 Å². The van der Waals surface area contributed by atoms with Crippen LogP contribution in [0.2, 0.25) is 0 Å². The van der Waals surface area contributed by atoms with E-state index in [1.165, 1.54) is 18.3 Å². The molecule has 0 unspecified atom stereocenters. The number of carbonyl (C=O) groups is 2. The first kappa shape index (κ1) is 24.6. The molecule has 8 nitrogen and oxygen atoms in total. The third kappa shape index (κ3) is 5.67. The molecule has 5 rings (SSSR count). The van der Waals surface area contributed by atoms with E-state index in [2.05, 4.69) is 25.5 Å². The zero-order chi connectivity index (χ0) is 25.9. The van der Waals surface area contributed by atoms with E-state index in [9.17, 15) is 18.4 Å². The van der Waals surface area contributed by atoms with Gasteiger partial charge in [0.25, 0.3) is 5.91 Å². The quantitative estimate of drug-likeness (QED) is 0.325. The molecule has 1 atom stereocenters. The summed E-state index contributed by atoms with van der Waals surface area (Å²) in [6.45, 7) is 2.48. The highest BCUT2D eigenvalue weighted by Gasteiger charge is 2.28. The van der Waals surface area contributed by atoms with Gasteiger partial charge in [-0.25, -0.2) is 4.98 Å². The molecule has 4 aromatic rings. The fraction of sp³-hybridized carbons (Fsp3) is 0.231. The lowest BCUT2D eigenvalue weighted by Crippen LogP contribution is -2.23. The molecule has 1 saturated heterocycles. The van der Waals surface area contributed by atoms with Crippen molar-refractivity contribution in [2.75, 3.05) is 22.1 Å². The third-order valence-corrected chi connectivity index (χ3v) is 6.87. The van der Waals surface area contributed by atoms with Gasteiger partial charge in [-0.3, -0.25) is 14.9 Å². The van der Waals surface area contributed by atoms with Crippen molar-refractivity contribution in [3.05, 3.63) is 89.0 Å². The van der Waals surface area contributed by atoms with Crippen LogP contribution in [-0.4, -0.2) is 32.9 Å². The number of thiazole rings is 1. The largest absolute Gasteiger partial charge is 0.363 e. The highest BCUT2D eigenvalue weighted by molar-refractivity contribution is 7.14. The zero-order valence-electron chi connectivity index (χ0n) is 19.9. The second kappa shape index (κ2) is 10.5. The zero-order valence-corrected chi connectivity index (χ0v) is 20.8. The molecule has 0 spiro atoms. The van der Waals surface area contributed by atoms with Gasteiger partial charge in [0.1, 0.15) is 5.69 Å². The van der Waals surface area contributed by atoms with Crippen molar-refractivity contribution in [2.45, 2.75) is 32.4 Å². The van der Waals surface area contributed by atoms with Crippen LogP contribution in [0.4, 0.5) is 25.3 Å². The van der Waals surface area contributed by atoms with Gasteiger partial charge in [0.2, 0.25) is 17.8 Å². The van der Waals surface area contributed by atoms with Gasteiger partial charge < -0.3 is 14.8 Å². The molecule has 1 aliphatic heterocycles. The van der Waals surface area contributed by atoms with E-state index in [4.69, 9.17) is 0 Å². The molecule has 0 radical (unpaired) electrons. The molecule has 1 fully saturated rings. The van der Waals surface area contributed by atoms with Crippen molar-refractivity contribution in [3.63, 3.8) is 0 Å². The van der Waals surface area contributed by atoms with Crippen molar-refractivity contribution in [1.29, 1.82) is 0 Å². The Morgan fingerprint density at radius 2 is 1.84 bits per heavy atom. The van der Waals surface area contributed by atoms with Crippen LogP contribution in [0.1, 0.15) is 47.6 Å². The number of aromatic nitrogens is 3. The Kier molecular flexibility index (Phi) is 6.95. The molecule has 37 heavy (non-hydrogen) atoms. The van der Waals surface area contributed by atoms with Crippen LogP contribution < -0.4 is 15.5 Å². The predicted molar refractivity (Wildman–Crippen MR) is 138 cm³/mol. The summed E-state index contributed by atoms with van der Waals surface area (Å²) in [6, 6.07) is 13.4. The van der Waals surface area contributed by atoms with Crippen molar-refractivity contribution in [1.82, 2.24) is 14.5 Å². The number of nitrogens with zero attached hydrogens (tertiary/aromatic N) is 4. The van der Waals surface area contributed by atoms with Gasteiger partial charge in [0, 0.05) is 43.0 Å². The number of hydrogen-bond acceptors (Lipinski definition) is 6. The molecule has 190 valence electrons. The molecular weight excluding hydrogens is 498 g/mol. The Morgan fingerprint density at radius 3 is 2.57 bits per heavy atom. The fourth-order valence-electron chi connectivity index (χ4n) is 4.54. The molecule has 0 aliphatic carbocycles. The lowest BCUT2D eigenvalue weighted by Gasteiger charge is -2.25. The lowest BCUT2D eigenvalue weighted by molar-refractivity contribution is -0.114. The summed E-state index contributed by atoms with van der Waals surface area (Å²) in [5.41, 5.74) is 3.36. The smallest absolute Gasteiger partial charge is 0.274 e. The molecule has 4 heterocycles. The van der Waals surface area contributed by atoms with Gasteiger partial charge in [-0.05, 0) is 66.9 Å². The maximum Gasteiger partial charge on any atom is 0.274 e. The van der Waals surface area contributed by atoms with E-state index in [0.29, 0.717) is 16.4 Å². The number of benzene rings is 1. The number of nitrogens with one attached hydrogen (secondary N) is 2. The number of pyridine rings is 1. The maximum atomic E-state index is 13.5. The first-order chi connectivity index (χ1) is 17.9. The van der Waals surface area contributed by atoms with Gasteiger partial charge in [-0.1, -0.05) is 0 Å². The van der Waals surface area contributed by atoms with Crippen LogP contribution >= 0.6 is 11.3 Å². The summed E-state index contributed by atoms with van der Waals surface area (Å²) in [7, 11) is 0. The second-order valence-electron chi connectivity index (χ2n) is 8.75. The summed E-state index contributed by atoms with van der Waals surface area (Å²) >= 11 is 1.35. The summed E-state index contributed by atoms with van der Waals surface area (Å²) in [5, 5.41) is 8.04. The van der Waals surface area contributed by atoms with Crippen LogP contribution in [-0.2, 0) is 11.3 Å². The van der Waals surface area contributed by atoms with Gasteiger partial charge >= 0.3 is 0 Å². The number of hydrogen-bond donors (Lipinski definition) is 2. The predicted octanol–water partition coefficient (Wildman–Crippen LogP) is 5.22. The number of halogens is 2. The van der Waals surface area contributed by atoms with Crippen LogP contribution in [0.15, 0.2) is 60.1 Å². The molecule has 0 saturated carbocycles. The Labute approximate surface area is 216 Å². The Bertz CT molecular complexity index is 1410. The van der Waals surface area contributed by atoms with Gasteiger partial charge in [0.15, 0.2) is 5.13 Å². The number of anilines is 3. The molecule has 2 amide bonds. The second-order valence-corrected chi connectivity index (χ2v) is 9.61. The van der Waals surface area contributed by atoms with Gasteiger partial charge in [-0.2, -0.15) is 13.8 Å². The van der Waals surface area contributed by atoms with Crippen molar-refractivity contribution in [3.8, 4) is 0 Å². The maximum absolute atomic E-state index is 13.5. The fourth-order valence-corrected chi connectivity index (χ4v) is 5.29. The molecule has 1 aliphatic rings. The van der Waals surface area contributed by atoms with E-state index in [-0.39, 0.29) is 24.4 Å². The van der Waals surface area contributed by atoms with Gasteiger partial charge in [-0.15, -0.1) is 11.3 Å². The van der Waals surface area contributed by atoms with Crippen LogP contribution in [0.3, 0.4) is 0 Å². The first-order valence-corrected chi connectivity index (χ1v) is 12.6. The van der Waals surface area contributed by atoms with E-state index >= 15 is 0 Å². The van der Waals surface area contributed by atoms with E-state index < -0.39 is 11.9 Å². The minimum absolute atomic E-state index is 0.0777. The molecule has 3 aromatic heterocycles. The minimum Gasteiger partial charge on any atom is -0.363 e. The summed E-state index contributed by atoms with van der Waals surface area (Å²) in [5.74, 6) is -2.30. The number of rotatable bonds is 7. The third-order valence-electron chi connectivity index (χ3n) is 6.09. The molecule has 0 bridgehead atoms. The average Bonchev–Trinajstić information content (AvgIpc) is 3.59. The molecular formula is C26H24F2N6O2S. The summed E-state index contributed by atoms with van der Waals surface area (Å²) < 4.78 is 28.5. The number of carbonyl (C=O) groups excluding carboxylic acids is 2. The van der Waals surface area contributed by atoms with E-state index in [1.54, 1.807) is 22.9 Å². The number of amides is 2. The minimum atomic E-state index is -0.909. The van der Waals surface area contributed by atoms with Crippen LogP contribution in [0.25, 0.3) is 0 Å². The Balaban J connectivity index is 1.27. The molecule has 1 aromatic carbocycles. The monoisotopic (exact) mass is 522 g/mol. The van der Waals surface area contributed by atoms with E-state index in [1.807, 2.05) is 29.6 Å². The summed E-state index contributed by atoms with van der Waals surface area (Å²) in [6.07, 6.45) is 3.62. The van der Waals surface area contributed by atoms with Crippen molar-refractivity contribution < 1.29 is 18.4 Å². The Hall–Kier alpha value is -4.12. The van der Waals surface area contributed by atoms with Crippen molar-refractivity contribution >= 4 is 39.7 Å². The molecule has 11 heteroatoms. The normalized spacial score (nSPS) is 15.1. The lowest BCUT2D eigenvalue weighted by atomic mass is 10.1. The highest BCUT2D eigenvalue weighted by atomic mass is 32.1. The summed E-state index contributed by atoms with van der Waals surface area (Å²) in [4.78, 5) is 34.3. The Morgan fingerprint density at radius 1 is 1.08 bits per heavy atom. The highest BCUT2D eigenvalue weighted by Crippen LogP contribution is 2.37. The SMILES string of the molecule is CC(=O)Nc1ccc(N2CCC[C@@H]2c2csc(NC(=O)c3cccn3Cc3cc(F)nc(F)c3)n2)cc1. The molecule has 2 N–H and O–H groups in total. The van der Waals surface area contributed by atoms with Crippen LogP contribution in [0, 0.1) is 11.9 Å². The van der Waals surface area contributed by atoms with E-state index in [0.717, 1.165) is 48.6 Å². The van der Waals surface area contributed by atoms with Crippen molar-refractivity contribution in [2.24, 2.45) is 0 Å². The van der Waals surface area contributed by atoms with Gasteiger partial charge in [0.05, 0.1) is 11.7 Å². The first-order valence-electron chi connectivity index (χ1n) is 11.7. The average molecular weight is 523 g/mol. The standard InChI is InChI=1S/C26H24F2N6O2S/c1-16(35)29-18-6-8-19(9-7-18)34-11-3-4-21(34)20-15-37-26(30-20)32-25(36)22-5-2-10-33(22)14-17-12-23(27)31-24(28)13-17/h2,5-10,12-13,15,21H,3-4,11,14H2,1H3,(H,29,35)(H,30,32,36)/t21-/m1/s1. The topological polar surface area (TPSA) is 92.2 Å².